The van der Waals surface area contributed by atoms with Gasteiger partial charge in [-0.1, -0.05) is 27.7 Å². The molecular formula is C20H36N4O8. The summed E-state index contributed by atoms with van der Waals surface area (Å²) in [6.45, 7) is 8.55. The zero-order chi connectivity index (χ0) is 25.2. The van der Waals surface area contributed by atoms with Gasteiger partial charge in [-0.05, 0) is 31.6 Å². The Morgan fingerprint density at radius 2 is 1.25 bits per heavy atom. The highest BCUT2D eigenvalue weighted by atomic mass is 16.4. The van der Waals surface area contributed by atoms with Gasteiger partial charge < -0.3 is 37.0 Å². The molecule has 0 saturated carbocycles. The number of nitrogens with one attached hydrogen (secondary N) is 3. The molecule has 0 rings (SSSR count). The molecule has 0 fully saturated rings. The molecule has 5 atom stereocenters. The summed E-state index contributed by atoms with van der Waals surface area (Å²) in [5, 5.41) is 34.8. The summed E-state index contributed by atoms with van der Waals surface area (Å²) in [7, 11) is 0. The third-order valence-corrected chi connectivity index (χ3v) is 4.46. The van der Waals surface area contributed by atoms with Crippen molar-refractivity contribution in [3.63, 3.8) is 0 Å². The third kappa shape index (κ3) is 11.0. The van der Waals surface area contributed by atoms with Crippen LogP contribution in [0.15, 0.2) is 0 Å². The van der Waals surface area contributed by atoms with Crippen molar-refractivity contribution in [3.8, 4) is 0 Å². The lowest BCUT2D eigenvalue weighted by molar-refractivity contribution is -0.147. The molecule has 0 aromatic carbocycles. The van der Waals surface area contributed by atoms with E-state index in [0.717, 1.165) is 0 Å². The largest absolute Gasteiger partial charge is 0.481 e. The van der Waals surface area contributed by atoms with Gasteiger partial charge in [-0.2, -0.15) is 0 Å². The number of carboxylic acid groups (broad SMARTS) is 2. The number of aliphatic hydroxyl groups is 1. The molecule has 0 radical (unpaired) electrons. The maximum atomic E-state index is 12.7. The quantitative estimate of drug-likeness (QED) is 0.166. The van der Waals surface area contributed by atoms with Crippen molar-refractivity contribution in [2.24, 2.45) is 17.6 Å². The number of hydrogen-bond acceptors (Lipinski definition) is 7. The Balaban J connectivity index is 5.44. The standard InChI is InChI=1S/C20H36N4O8/c1-9(2)6-12(21)17(28)24-16(11(5)25)19(30)22-13(7-10(3)4)18(29)23-14(20(31)32)8-15(26)27/h9-14,16,25H,6-8,21H2,1-5H3,(H,22,30)(H,23,29)(H,24,28)(H,26,27)(H,31,32)/t11-,12+,13+,14+,16+/m1/s1. The van der Waals surface area contributed by atoms with Crippen molar-refractivity contribution < 1.29 is 39.3 Å². The van der Waals surface area contributed by atoms with Gasteiger partial charge in [-0.25, -0.2) is 4.79 Å². The molecule has 0 heterocycles. The van der Waals surface area contributed by atoms with E-state index < -0.39 is 66.4 Å². The van der Waals surface area contributed by atoms with Crippen molar-refractivity contribution in [2.45, 2.75) is 84.2 Å². The number of carbonyl (C=O) groups is 5. The number of rotatable bonds is 14. The van der Waals surface area contributed by atoms with Crippen LogP contribution in [-0.2, 0) is 24.0 Å². The highest BCUT2D eigenvalue weighted by molar-refractivity contribution is 5.94. The Hall–Kier alpha value is -2.73. The molecule has 0 saturated heterocycles. The molecule has 0 aliphatic heterocycles. The lowest BCUT2D eigenvalue weighted by Gasteiger charge is -2.27. The van der Waals surface area contributed by atoms with Crippen LogP contribution in [0.3, 0.4) is 0 Å². The van der Waals surface area contributed by atoms with E-state index in [1.54, 1.807) is 13.8 Å². The molecule has 32 heavy (non-hydrogen) atoms. The van der Waals surface area contributed by atoms with Crippen LogP contribution in [0, 0.1) is 11.8 Å². The second-order valence-corrected chi connectivity index (χ2v) is 8.65. The van der Waals surface area contributed by atoms with E-state index in [9.17, 15) is 29.1 Å². The monoisotopic (exact) mass is 460 g/mol. The van der Waals surface area contributed by atoms with Crippen LogP contribution in [0.5, 0.6) is 0 Å². The van der Waals surface area contributed by atoms with Gasteiger partial charge in [0.05, 0.1) is 18.6 Å². The van der Waals surface area contributed by atoms with Crippen LogP contribution in [0.4, 0.5) is 0 Å². The summed E-state index contributed by atoms with van der Waals surface area (Å²) >= 11 is 0. The Bertz CT molecular complexity index is 681. The average Bonchev–Trinajstić information content (AvgIpc) is 2.62. The normalized spacial score (nSPS) is 15.9. The van der Waals surface area contributed by atoms with Crippen molar-refractivity contribution in [3.05, 3.63) is 0 Å². The minimum atomic E-state index is -1.69. The first kappa shape index (κ1) is 29.3. The van der Waals surface area contributed by atoms with E-state index >= 15 is 0 Å². The second kappa shape index (κ2) is 13.6. The number of nitrogens with two attached hydrogens (primary N) is 1. The first-order chi connectivity index (χ1) is 14.6. The van der Waals surface area contributed by atoms with Gasteiger partial charge in [0.2, 0.25) is 17.7 Å². The highest BCUT2D eigenvalue weighted by Crippen LogP contribution is 2.08. The number of carboxylic acids is 2. The minimum absolute atomic E-state index is 0.102. The third-order valence-electron chi connectivity index (χ3n) is 4.46. The Kier molecular flexibility index (Phi) is 12.5. The Morgan fingerprint density at radius 3 is 1.66 bits per heavy atom. The van der Waals surface area contributed by atoms with Crippen LogP contribution >= 0.6 is 0 Å². The molecular weight excluding hydrogens is 424 g/mol. The Labute approximate surface area is 187 Å². The first-order valence-corrected chi connectivity index (χ1v) is 10.4. The fraction of sp³-hybridized carbons (Fsp3) is 0.750. The predicted octanol–water partition coefficient (Wildman–Crippen LogP) is -1.20. The smallest absolute Gasteiger partial charge is 0.326 e. The fourth-order valence-electron chi connectivity index (χ4n) is 2.89. The number of carbonyl (C=O) groups excluding carboxylic acids is 3. The van der Waals surface area contributed by atoms with Gasteiger partial charge in [-0.15, -0.1) is 0 Å². The summed E-state index contributed by atoms with van der Waals surface area (Å²) < 4.78 is 0. The van der Waals surface area contributed by atoms with E-state index in [2.05, 4.69) is 16.0 Å². The zero-order valence-corrected chi connectivity index (χ0v) is 19.1. The topological polar surface area (TPSA) is 208 Å². The molecule has 0 aromatic rings. The first-order valence-electron chi connectivity index (χ1n) is 10.4. The maximum Gasteiger partial charge on any atom is 0.326 e. The van der Waals surface area contributed by atoms with Crippen molar-refractivity contribution in [1.29, 1.82) is 0 Å². The predicted molar refractivity (Wildman–Crippen MR) is 114 cm³/mol. The van der Waals surface area contributed by atoms with E-state index in [1.807, 2.05) is 13.8 Å². The summed E-state index contributed by atoms with van der Waals surface area (Å²) in [5.41, 5.74) is 5.81. The summed E-state index contributed by atoms with van der Waals surface area (Å²) in [6, 6.07) is -5.21. The lowest BCUT2D eigenvalue weighted by Crippen LogP contribution is -2.60. The van der Waals surface area contributed by atoms with Gasteiger partial charge in [0.15, 0.2) is 0 Å². The van der Waals surface area contributed by atoms with Crippen LogP contribution in [0.25, 0.3) is 0 Å². The average molecular weight is 461 g/mol. The van der Waals surface area contributed by atoms with E-state index in [-0.39, 0.29) is 18.3 Å². The van der Waals surface area contributed by atoms with Crippen LogP contribution < -0.4 is 21.7 Å². The van der Waals surface area contributed by atoms with Crippen LogP contribution in [0.1, 0.15) is 53.9 Å². The number of aliphatic carboxylic acids is 2. The number of aliphatic hydroxyl groups excluding tert-OH is 1. The molecule has 3 amide bonds. The van der Waals surface area contributed by atoms with Crippen molar-refractivity contribution in [2.75, 3.05) is 0 Å². The van der Waals surface area contributed by atoms with E-state index in [1.165, 1.54) is 6.92 Å². The fourth-order valence-corrected chi connectivity index (χ4v) is 2.89. The molecule has 12 heteroatoms. The minimum Gasteiger partial charge on any atom is -0.481 e. The van der Waals surface area contributed by atoms with Crippen LogP contribution in [-0.4, -0.2) is 75.3 Å². The van der Waals surface area contributed by atoms with Gasteiger partial charge in [0, 0.05) is 0 Å². The number of amides is 3. The zero-order valence-electron chi connectivity index (χ0n) is 19.1. The molecule has 184 valence electrons. The highest BCUT2D eigenvalue weighted by Gasteiger charge is 2.33. The van der Waals surface area contributed by atoms with Gasteiger partial charge in [-0.3, -0.25) is 19.2 Å². The molecule has 0 aliphatic rings. The van der Waals surface area contributed by atoms with Crippen LogP contribution in [0.2, 0.25) is 0 Å². The maximum absolute atomic E-state index is 12.7. The summed E-state index contributed by atoms with van der Waals surface area (Å²) in [4.78, 5) is 59.7. The molecule has 0 bridgehead atoms. The molecule has 12 nitrogen and oxygen atoms in total. The van der Waals surface area contributed by atoms with Gasteiger partial charge in [0.25, 0.3) is 0 Å². The second-order valence-electron chi connectivity index (χ2n) is 8.65. The van der Waals surface area contributed by atoms with E-state index in [0.29, 0.717) is 6.42 Å². The van der Waals surface area contributed by atoms with Crippen molar-refractivity contribution >= 4 is 29.7 Å². The molecule has 0 aliphatic carbocycles. The number of hydrogen-bond donors (Lipinski definition) is 7. The molecule has 0 unspecified atom stereocenters. The summed E-state index contributed by atoms with van der Waals surface area (Å²) in [5.74, 6) is -5.34. The molecule has 0 spiro atoms. The van der Waals surface area contributed by atoms with Crippen molar-refractivity contribution in [1.82, 2.24) is 16.0 Å². The molecule has 0 aromatic heterocycles. The Morgan fingerprint density at radius 1 is 0.750 bits per heavy atom. The summed E-state index contributed by atoms with van der Waals surface area (Å²) in [6.07, 6.45) is -1.70. The van der Waals surface area contributed by atoms with E-state index in [4.69, 9.17) is 15.9 Å². The van der Waals surface area contributed by atoms with Gasteiger partial charge in [0.1, 0.15) is 18.1 Å². The lowest BCUT2D eigenvalue weighted by atomic mass is 10.0. The molecule has 8 N–H and O–H groups in total. The van der Waals surface area contributed by atoms with Gasteiger partial charge >= 0.3 is 11.9 Å². The SMILES string of the molecule is CC(C)C[C@H](NC(=O)[C@@H](NC(=O)[C@@H](N)CC(C)C)[C@@H](C)O)C(=O)N[C@@H](CC(=O)O)C(=O)O.